The number of methoxy groups -OCH3 is 1. The first kappa shape index (κ1) is 28.8. The van der Waals surface area contributed by atoms with Gasteiger partial charge < -0.3 is 24.8 Å². The molecule has 1 saturated heterocycles. The molecule has 11 heteroatoms. The number of esters is 1. The summed E-state index contributed by atoms with van der Waals surface area (Å²) in [5, 5.41) is 5.33. The smallest absolute Gasteiger partial charge is 0.339 e. The van der Waals surface area contributed by atoms with Gasteiger partial charge in [-0.25, -0.2) is 13.6 Å². The largest absolute Gasteiger partial charge is 0.465 e. The van der Waals surface area contributed by atoms with Crippen LogP contribution in [0.4, 0.5) is 25.8 Å². The molecule has 0 radical (unpaired) electrons. The molecule has 2 aliphatic heterocycles. The van der Waals surface area contributed by atoms with Crippen molar-refractivity contribution in [1.29, 1.82) is 0 Å². The lowest BCUT2D eigenvalue weighted by Crippen LogP contribution is -2.47. The van der Waals surface area contributed by atoms with Crippen LogP contribution in [0.5, 0.6) is 0 Å². The van der Waals surface area contributed by atoms with E-state index in [1.54, 1.807) is 47.0 Å². The number of piperidine rings is 1. The fourth-order valence-corrected chi connectivity index (χ4v) is 6.12. The predicted molar refractivity (Wildman–Crippen MR) is 160 cm³/mol. The van der Waals surface area contributed by atoms with Crippen LogP contribution >= 0.6 is 0 Å². The lowest BCUT2D eigenvalue weighted by atomic mass is 9.83. The highest BCUT2D eigenvalue weighted by Crippen LogP contribution is 2.39. The van der Waals surface area contributed by atoms with Gasteiger partial charge in [0.1, 0.15) is 17.2 Å². The van der Waals surface area contributed by atoms with Gasteiger partial charge >= 0.3 is 5.97 Å². The van der Waals surface area contributed by atoms with Crippen LogP contribution in [0.25, 0.3) is 0 Å². The summed E-state index contributed by atoms with van der Waals surface area (Å²) in [6, 6.07) is 19.4. The van der Waals surface area contributed by atoms with Gasteiger partial charge in [-0.15, -0.1) is 0 Å². The van der Waals surface area contributed by atoms with Crippen molar-refractivity contribution in [2.24, 2.45) is 5.92 Å². The van der Waals surface area contributed by atoms with Crippen molar-refractivity contribution >= 4 is 34.8 Å². The van der Waals surface area contributed by atoms with E-state index in [0.29, 0.717) is 25.3 Å². The third kappa shape index (κ3) is 5.44. The Labute approximate surface area is 251 Å². The van der Waals surface area contributed by atoms with Crippen molar-refractivity contribution < 1.29 is 27.9 Å². The van der Waals surface area contributed by atoms with Gasteiger partial charge in [0.15, 0.2) is 0 Å². The van der Waals surface area contributed by atoms with E-state index in [0.717, 1.165) is 24.2 Å². The second-order valence-electron chi connectivity index (χ2n) is 10.9. The monoisotopic (exact) mass is 598 g/mol. The van der Waals surface area contributed by atoms with Crippen LogP contribution in [0, 0.1) is 17.6 Å². The molecule has 6 rings (SSSR count). The molecule has 2 N–H and O–H groups in total. The third-order valence-corrected chi connectivity index (χ3v) is 8.10. The van der Waals surface area contributed by atoms with Crippen LogP contribution in [0.15, 0.2) is 83.7 Å². The minimum absolute atomic E-state index is 0.0433. The first-order valence-electron chi connectivity index (χ1n) is 14.1. The molecule has 0 spiro atoms. The zero-order valence-electron chi connectivity index (χ0n) is 23.7. The normalized spacial score (nSPS) is 16.9. The number of hydrogen-bond acceptors (Lipinski definition) is 6. The molecule has 44 heavy (non-hydrogen) atoms. The van der Waals surface area contributed by atoms with Crippen molar-refractivity contribution in [3.63, 3.8) is 0 Å². The summed E-state index contributed by atoms with van der Waals surface area (Å²) in [6.45, 7) is 1.63. The summed E-state index contributed by atoms with van der Waals surface area (Å²) in [4.78, 5) is 53.3. The maximum Gasteiger partial charge on any atom is 0.339 e. The van der Waals surface area contributed by atoms with Crippen LogP contribution < -0.4 is 21.1 Å². The number of carbonyl (C=O) groups is 3. The van der Waals surface area contributed by atoms with Crippen LogP contribution in [0.1, 0.15) is 49.1 Å². The van der Waals surface area contributed by atoms with E-state index in [1.807, 2.05) is 6.07 Å². The molecule has 2 bridgehead atoms. The van der Waals surface area contributed by atoms with Gasteiger partial charge in [-0.1, -0.05) is 24.3 Å². The number of amides is 2. The minimum Gasteiger partial charge on any atom is -0.465 e. The number of nitrogens with zero attached hydrogens (tertiary/aromatic N) is 2. The predicted octanol–water partition coefficient (Wildman–Crippen LogP) is 5.04. The summed E-state index contributed by atoms with van der Waals surface area (Å²) in [5.74, 6) is -4.07. The Morgan fingerprint density at radius 1 is 0.818 bits per heavy atom. The molecule has 1 aromatic heterocycles. The van der Waals surface area contributed by atoms with Crippen molar-refractivity contribution in [1.82, 2.24) is 4.57 Å². The summed E-state index contributed by atoms with van der Waals surface area (Å²) in [5.41, 5.74) is 1.39. The fraction of sp³-hybridized carbons (Fsp3) is 0.212. The molecule has 0 unspecified atom stereocenters. The van der Waals surface area contributed by atoms with E-state index in [9.17, 15) is 28.0 Å². The van der Waals surface area contributed by atoms with Gasteiger partial charge in [0, 0.05) is 42.9 Å². The SMILES string of the molecule is COC(=O)c1ccccc1NC(=O)c1ccc(N2C[C@H]3C[C@@H](C2)c2cccc(=O)n2C3)c(NC(=O)c2c(F)cccc2F)c1. The third-order valence-electron chi connectivity index (χ3n) is 8.10. The average molecular weight is 599 g/mol. The number of carbonyl (C=O) groups excluding carboxylic acids is 3. The van der Waals surface area contributed by atoms with Gasteiger partial charge in [-0.05, 0) is 60.9 Å². The standard InChI is InChI=1S/C33H28F2N4O5/c1-44-33(43)22-6-2-3-9-25(22)36-31(41)20-12-13-28(26(15-20)37-32(42)30-23(34)7-4-8-24(30)35)38-16-19-14-21(18-38)27-10-5-11-29(40)39(27)17-19/h2-13,15,19,21H,14,16-18H2,1H3,(H,36,41)(H,37,42)/t19-,21+/m1/s1. The van der Waals surface area contributed by atoms with Crippen LogP contribution in [0.3, 0.4) is 0 Å². The van der Waals surface area contributed by atoms with Gasteiger partial charge in [-0.2, -0.15) is 0 Å². The Hall–Kier alpha value is -5.32. The van der Waals surface area contributed by atoms with Gasteiger partial charge in [-0.3, -0.25) is 14.4 Å². The van der Waals surface area contributed by atoms with Crippen LogP contribution in [-0.2, 0) is 11.3 Å². The number of hydrogen-bond donors (Lipinski definition) is 2. The lowest BCUT2D eigenvalue weighted by molar-refractivity contribution is 0.0601. The summed E-state index contributed by atoms with van der Waals surface area (Å²) >= 11 is 0. The highest BCUT2D eigenvalue weighted by Gasteiger charge is 2.35. The topological polar surface area (TPSA) is 110 Å². The second-order valence-corrected chi connectivity index (χ2v) is 10.9. The van der Waals surface area contributed by atoms with E-state index in [2.05, 4.69) is 15.5 Å². The average Bonchev–Trinajstić information content (AvgIpc) is 3.01. The molecular formula is C33H28F2N4O5. The number of para-hydroxylation sites is 1. The Bertz CT molecular complexity index is 1840. The molecule has 3 heterocycles. The Morgan fingerprint density at radius 2 is 1.55 bits per heavy atom. The molecule has 9 nitrogen and oxygen atoms in total. The number of anilines is 3. The van der Waals surface area contributed by atoms with E-state index >= 15 is 0 Å². The Balaban J connectivity index is 1.36. The first-order chi connectivity index (χ1) is 21.2. The van der Waals surface area contributed by atoms with Crippen LogP contribution in [0.2, 0.25) is 0 Å². The quantitative estimate of drug-likeness (QED) is 0.301. The molecule has 1 fully saturated rings. The van der Waals surface area contributed by atoms with Gasteiger partial charge in [0.2, 0.25) is 0 Å². The highest BCUT2D eigenvalue weighted by molar-refractivity contribution is 6.11. The van der Waals surface area contributed by atoms with E-state index < -0.39 is 35.0 Å². The lowest BCUT2D eigenvalue weighted by Gasteiger charge is -2.44. The molecule has 4 aromatic rings. The van der Waals surface area contributed by atoms with E-state index in [-0.39, 0.29) is 39.9 Å². The Kier molecular flexibility index (Phi) is 7.69. The molecule has 2 aliphatic rings. The molecular weight excluding hydrogens is 570 g/mol. The number of ether oxygens (including phenoxy) is 1. The maximum absolute atomic E-state index is 14.5. The summed E-state index contributed by atoms with van der Waals surface area (Å²) in [6.07, 6.45) is 0.891. The van der Waals surface area contributed by atoms with Crippen molar-refractivity contribution in [2.45, 2.75) is 18.9 Å². The van der Waals surface area contributed by atoms with Crippen LogP contribution in [-0.4, -0.2) is 42.6 Å². The number of halogens is 2. The van der Waals surface area contributed by atoms with Gasteiger partial charge in [0.05, 0.1) is 29.7 Å². The number of pyridine rings is 1. The number of nitrogens with one attached hydrogen (secondary N) is 2. The molecule has 2 atom stereocenters. The van der Waals surface area contributed by atoms with Crippen molar-refractivity contribution in [3.05, 3.63) is 123 Å². The maximum atomic E-state index is 14.5. The van der Waals surface area contributed by atoms with Crippen molar-refractivity contribution in [2.75, 3.05) is 35.7 Å². The zero-order valence-corrected chi connectivity index (χ0v) is 23.7. The highest BCUT2D eigenvalue weighted by atomic mass is 19.1. The van der Waals surface area contributed by atoms with E-state index in [1.165, 1.54) is 25.3 Å². The molecule has 224 valence electrons. The number of fused-ring (bicyclic) bond motifs is 4. The molecule has 3 aromatic carbocycles. The van der Waals surface area contributed by atoms with Gasteiger partial charge in [0.25, 0.3) is 17.4 Å². The number of aromatic nitrogens is 1. The number of rotatable bonds is 6. The Morgan fingerprint density at radius 3 is 2.32 bits per heavy atom. The summed E-state index contributed by atoms with van der Waals surface area (Å²) in [7, 11) is 1.23. The minimum atomic E-state index is -1.02. The summed E-state index contributed by atoms with van der Waals surface area (Å²) < 4.78 is 35.7. The zero-order chi connectivity index (χ0) is 31.0. The van der Waals surface area contributed by atoms with Crippen molar-refractivity contribution in [3.8, 4) is 0 Å². The molecule has 2 amide bonds. The second kappa shape index (κ2) is 11.8. The first-order valence-corrected chi connectivity index (χ1v) is 14.1. The molecule has 0 saturated carbocycles. The van der Waals surface area contributed by atoms with E-state index in [4.69, 9.17) is 4.74 Å². The fourth-order valence-electron chi connectivity index (χ4n) is 6.12. The molecule has 0 aliphatic carbocycles. The number of benzene rings is 3.